The first-order valence-corrected chi connectivity index (χ1v) is 9.08. The summed E-state index contributed by atoms with van der Waals surface area (Å²) in [5, 5.41) is 10.3. The van der Waals surface area contributed by atoms with Crippen molar-refractivity contribution in [2.75, 3.05) is 0 Å². The average molecular weight is 387 g/mol. The van der Waals surface area contributed by atoms with Crippen molar-refractivity contribution in [2.24, 2.45) is 35.3 Å². The first kappa shape index (κ1) is 18.5. The fourth-order valence-corrected chi connectivity index (χ4v) is 5.14. The molecule has 2 fully saturated rings. The van der Waals surface area contributed by atoms with Gasteiger partial charge >= 0.3 is 0 Å². The number of rotatable bonds is 1. The zero-order valence-electron chi connectivity index (χ0n) is 15.0. The van der Waals surface area contributed by atoms with E-state index >= 15 is 0 Å². The van der Waals surface area contributed by atoms with Crippen LogP contribution in [0.5, 0.6) is 5.75 Å². The maximum Gasteiger partial charge on any atom is 0.235 e. The molecule has 0 heterocycles. The van der Waals surface area contributed by atoms with Gasteiger partial charge in [-0.05, 0) is 43.2 Å². The Morgan fingerprint density at radius 3 is 2.39 bits per heavy atom. The highest BCUT2D eigenvalue weighted by Crippen LogP contribution is 2.48. The maximum absolute atomic E-state index is 14.4. The lowest BCUT2D eigenvalue weighted by Gasteiger charge is -2.44. The van der Waals surface area contributed by atoms with Crippen LogP contribution in [0.25, 0.3) is 0 Å². The van der Waals surface area contributed by atoms with Crippen LogP contribution in [0, 0.1) is 42.3 Å². The summed E-state index contributed by atoms with van der Waals surface area (Å²) in [7, 11) is 0. The fraction of sp³-hybridized carbons (Fsp3) is 0.450. The lowest BCUT2D eigenvalue weighted by Crippen LogP contribution is -2.56. The first-order valence-electron chi connectivity index (χ1n) is 9.08. The molecule has 5 unspecified atom stereocenters. The Balaban J connectivity index is 1.78. The molecule has 146 valence electrons. The number of primary amides is 1. The molecule has 1 amide bonds. The Bertz CT molecular complexity index is 983. The third-order valence-electron chi connectivity index (χ3n) is 6.36. The lowest BCUT2D eigenvalue weighted by atomic mass is 9.56. The molecule has 0 spiro atoms. The van der Waals surface area contributed by atoms with Crippen molar-refractivity contribution >= 4 is 29.0 Å². The zero-order chi connectivity index (χ0) is 20.5. The van der Waals surface area contributed by atoms with Gasteiger partial charge < -0.3 is 10.8 Å². The standard InChI is InChI=1S/C20H18FNO6/c1-6-2-10(21)9-4-7-3-8-5-11(23)15(20(22)28)19(27)13(8)17(25)12(7)18(26)14(9)16(6)24/h2,7-8,12-13,15,24H,3-5H2,1H3,(H2,22,28). The van der Waals surface area contributed by atoms with Crippen LogP contribution in [-0.4, -0.2) is 34.1 Å². The minimum atomic E-state index is -1.67. The SMILES string of the molecule is Cc1cc(F)c2c(c1O)C(=O)C1C(=O)C3C(=O)C(C(N)=O)C(=O)CC3CC1C2. The van der Waals surface area contributed by atoms with E-state index in [4.69, 9.17) is 5.73 Å². The van der Waals surface area contributed by atoms with Crippen LogP contribution in [0.4, 0.5) is 4.39 Å². The monoisotopic (exact) mass is 387 g/mol. The minimum Gasteiger partial charge on any atom is -0.507 e. The van der Waals surface area contributed by atoms with Crippen LogP contribution < -0.4 is 5.73 Å². The van der Waals surface area contributed by atoms with Crippen molar-refractivity contribution in [3.63, 3.8) is 0 Å². The number of phenolic OH excluding ortho intramolecular Hbond substituents is 1. The number of hydrogen-bond acceptors (Lipinski definition) is 6. The molecule has 1 aromatic rings. The Morgan fingerprint density at radius 2 is 1.75 bits per heavy atom. The number of fused-ring (bicyclic) bond motifs is 3. The van der Waals surface area contributed by atoms with Gasteiger partial charge in [-0.3, -0.25) is 24.0 Å². The number of halogens is 1. The average Bonchev–Trinajstić information content (AvgIpc) is 2.58. The molecular weight excluding hydrogens is 369 g/mol. The number of aryl methyl sites for hydroxylation is 1. The topological polar surface area (TPSA) is 132 Å². The van der Waals surface area contributed by atoms with Crippen LogP contribution in [0.2, 0.25) is 0 Å². The molecule has 8 heteroatoms. The van der Waals surface area contributed by atoms with E-state index in [-0.39, 0.29) is 41.7 Å². The number of hydrogen-bond donors (Lipinski definition) is 2. The van der Waals surface area contributed by atoms with Crippen molar-refractivity contribution in [2.45, 2.75) is 26.2 Å². The number of phenols is 1. The third kappa shape index (κ3) is 2.36. The summed E-state index contributed by atoms with van der Waals surface area (Å²) in [6.07, 6.45) is 0.118. The lowest BCUT2D eigenvalue weighted by molar-refractivity contribution is -0.152. The van der Waals surface area contributed by atoms with E-state index in [1.54, 1.807) is 0 Å². The number of carbonyl (C=O) groups excluding carboxylic acids is 5. The normalized spacial score (nSPS) is 31.9. The summed E-state index contributed by atoms with van der Waals surface area (Å²) in [6.45, 7) is 1.45. The van der Waals surface area contributed by atoms with Gasteiger partial charge in [0.1, 0.15) is 11.6 Å². The molecule has 0 radical (unpaired) electrons. The highest BCUT2D eigenvalue weighted by atomic mass is 19.1. The number of carbonyl (C=O) groups is 5. The van der Waals surface area contributed by atoms with E-state index in [9.17, 15) is 33.5 Å². The van der Waals surface area contributed by atoms with Crippen LogP contribution >= 0.6 is 0 Å². The molecule has 3 N–H and O–H groups in total. The van der Waals surface area contributed by atoms with E-state index in [2.05, 4.69) is 0 Å². The van der Waals surface area contributed by atoms with Gasteiger partial charge in [-0.25, -0.2) is 4.39 Å². The van der Waals surface area contributed by atoms with Gasteiger partial charge in [0, 0.05) is 12.0 Å². The summed E-state index contributed by atoms with van der Waals surface area (Å²) in [5.41, 5.74) is 5.18. The number of nitrogens with two attached hydrogens (primary N) is 1. The van der Waals surface area contributed by atoms with Crippen LogP contribution in [0.3, 0.4) is 0 Å². The van der Waals surface area contributed by atoms with E-state index in [1.807, 2.05) is 0 Å². The fourth-order valence-electron chi connectivity index (χ4n) is 5.14. The van der Waals surface area contributed by atoms with E-state index in [0.717, 1.165) is 6.07 Å². The van der Waals surface area contributed by atoms with Gasteiger partial charge in [-0.2, -0.15) is 0 Å². The number of ketones is 4. The second kappa shape index (κ2) is 6.05. The van der Waals surface area contributed by atoms with Gasteiger partial charge in [0.2, 0.25) is 5.91 Å². The van der Waals surface area contributed by atoms with Crippen LogP contribution in [0.15, 0.2) is 6.07 Å². The zero-order valence-corrected chi connectivity index (χ0v) is 15.0. The second-order valence-corrected chi connectivity index (χ2v) is 7.97. The molecule has 7 nitrogen and oxygen atoms in total. The highest BCUT2D eigenvalue weighted by molar-refractivity contribution is 6.27. The Kier molecular flexibility index (Phi) is 3.99. The molecular formula is C20H18FNO6. The minimum absolute atomic E-state index is 0.0575. The molecule has 28 heavy (non-hydrogen) atoms. The molecule has 3 aliphatic rings. The predicted octanol–water partition coefficient (Wildman–Crippen LogP) is 0.660. The Morgan fingerprint density at radius 1 is 1.11 bits per heavy atom. The number of benzene rings is 1. The highest BCUT2D eigenvalue weighted by Gasteiger charge is 2.57. The summed E-state index contributed by atoms with van der Waals surface area (Å²) < 4.78 is 14.4. The second-order valence-electron chi connectivity index (χ2n) is 7.97. The molecule has 3 aliphatic carbocycles. The quantitative estimate of drug-likeness (QED) is 0.681. The molecule has 4 rings (SSSR count). The van der Waals surface area contributed by atoms with Gasteiger partial charge in [0.05, 0.1) is 17.4 Å². The van der Waals surface area contributed by atoms with Crippen molar-refractivity contribution in [3.8, 4) is 5.75 Å². The number of aromatic hydroxyl groups is 1. The van der Waals surface area contributed by atoms with Gasteiger partial charge in [-0.15, -0.1) is 0 Å². The summed E-state index contributed by atoms with van der Waals surface area (Å²) in [6, 6.07) is 1.14. The summed E-state index contributed by atoms with van der Waals surface area (Å²) in [5.74, 6) is -10.2. The molecule has 1 aromatic carbocycles. The molecule has 2 saturated carbocycles. The van der Waals surface area contributed by atoms with Crippen LogP contribution in [0.1, 0.15) is 34.3 Å². The van der Waals surface area contributed by atoms with E-state index in [0.29, 0.717) is 0 Å². The smallest absolute Gasteiger partial charge is 0.235 e. The first-order chi connectivity index (χ1) is 13.1. The molecule has 0 aromatic heterocycles. The third-order valence-corrected chi connectivity index (χ3v) is 6.36. The van der Waals surface area contributed by atoms with Gasteiger partial charge in [-0.1, -0.05) is 0 Å². The van der Waals surface area contributed by atoms with Crippen molar-refractivity contribution in [1.82, 2.24) is 0 Å². The molecule has 5 atom stereocenters. The molecule has 0 saturated heterocycles. The number of Topliss-reactive ketones (excluding diaryl/α,β-unsaturated/α-hetero) is 4. The molecule has 0 aliphatic heterocycles. The summed E-state index contributed by atoms with van der Waals surface area (Å²) >= 11 is 0. The Hall–Kier alpha value is -2.90. The van der Waals surface area contributed by atoms with E-state index < -0.39 is 64.4 Å². The maximum atomic E-state index is 14.4. The van der Waals surface area contributed by atoms with Gasteiger partial charge in [0.15, 0.2) is 29.1 Å². The van der Waals surface area contributed by atoms with Crippen LogP contribution in [-0.2, 0) is 25.6 Å². The number of amides is 1. The predicted molar refractivity (Wildman–Crippen MR) is 91.7 cm³/mol. The summed E-state index contributed by atoms with van der Waals surface area (Å²) in [4.78, 5) is 62.5. The van der Waals surface area contributed by atoms with Crippen molar-refractivity contribution < 1.29 is 33.5 Å². The Labute approximate surface area is 159 Å². The van der Waals surface area contributed by atoms with Crippen molar-refractivity contribution in [3.05, 3.63) is 28.6 Å². The van der Waals surface area contributed by atoms with Gasteiger partial charge in [0.25, 0.3) is 0 Å². The largest absolute Gasteiger partial charge is 0.507 e. The van der Waals surface area contributed by atoms with Crippen molar-refractivity contribution in [1.29, 1.82) is 0 Å². The molecule has 0 bridgehead atoms. The van der Waals surface area contributed by atoms with E-state index in [1.165, 1.54) is 6.92 Å².